The number of sulfone groups is 1. The molecule has 4 aromatic rings. The van der Waals surface area contributed by atoms with Gasteiger partial charge in [0.05, 0.1) is 15.3 Å². The summed E-state index contributed by atoms with van der Waals surface area (Å²) in [6.45, 7) is 0. The first kappa shape index (κ1) is 16.8. The van der Waals surface area contributed by atoms with E-state index < -0.39 is 9.84 Å². The minimum Gasteiger partial charge on any atom is -0.255 e. The molecule has 0 N–H and O–H groups in total. The second-order valence-corrected chi connectivity index (χ2v) is 8.19. The quantitative estimate of drug-likeness (QED) is 0.479. The zero-order chi connectivity index (χ0) is 18.1. The molecule has 26 heavy (non-hydrogen) atoms. The summed E-state index contributed by atoms with van der Waals surface area (Å²) in [5, 5.41) is 1.29. The smallest absolute Gasteiger partial charge is 0.208 e. The first-order chi connectivity index (χ1) is 12.6. The number of pyridine rings is 1. The lowest BCUT2D eigenvalue weighted by Gasteiger charge is -2.13. The number of nitrogens with zero attached hydrogens (tertiary/aromatic N) is 1. The maximum atomic E-state index is 13.3. The summed E-state index contributed by atoms with van der Waals surface area (Å²) in [4.78, 5) is 4.75. The Kier molecular flexibility index (Phi) is 4.23. The lowest BCUT2D eigenvalue weighted by Crippen LogP contribution is -2.05. The van der Waals surface area contributed by atoms with E-state index in [1.54, 1.807) is 12.1 Å². The normalized spacial score (nSPS) is 11.6. The van der Waals surface area contributed by atoms with E-state index in [1.807, 2.05) is 54.6 Å². The third-order valence-electron chi connectivity index (χ3n) is 4.22. The highest BCUT2D eigenvalue weighted by atomic mass is 35.5. The van der Waals surface area contributed by atoms with Gasteiger partial charge in [0.25, 0.3) is 0 Å². The molecule has 0 aliphatic carbocycles. The summed E-state index contributed by atoms with van der Waals surface area (Å²) < 4.78 is 26.6. The molecule has 3 nitrogen and oxygen atoms in total. The Morgan fingerprint density at radius 3 is 2.15 bits per heavy atom. The summed E-state index contributed by atoms with van der Waals surface area (Å²) in [7, 11) is -3.75. The van der Waals surface area contributed by atoms with Crippen molar-refractivity contribution in [3.63, 3.8) is 0 Å². The van der Waals surface area contributed by atoms with Crippen LogP contribution in [-0.4, -0.2) is 13.4 Å². The van der Waals surface area contributed by atoms with Gasteiger partial charge < -0.3 is 0 Å². The molecule has 0 fully saturated rings. The predicted molar refractivity (Wildman–Crippen MR) is 104 cm³/mol. The summed E-state index contributed by atoms with van der Waals surface area (Å²) in [5.41, 5.74) is 2.24. The molecule has 0 spiro atoms. The molecule has 0 aliphatic rings. The highest BCUT2D eigenvalue weighted by Crippen LogP contribution is 2.36. The summed E-state index contributed by atoms with van der Waals surface area (Å²) >= 11 is 5.91. The molecule has 0 bridgehead atoms. The SMILES string of the molecule is O=S(=O)(c1ccc(Cl)cc1)c1cnc2ccccc2c1-c1ccccc1. The second-order valence-electron chi connectivity index (χ2n) is 5.84. The Morgan fingerprint density at radius 1 is 0.769 bits per heavy atom. The number of fused-ring (bicyclic) bond motifs is 1. The van der Waals surface area contributed by atoms with Gasteiger partial charge in [-0.3, -0.25) is 4.98 Å². The van der Waals surface area contributed by atoms with Crippen LogP contribution < -0.4 is 0 Å². The third kappa shape index (κ3) is 2.87. The highest BCUT2D eigenvalue weighted by molar-refractivity contribution is 7.91. The van der Waals surface area contributed by atoms with Crippen LogP contribution in [0, 0.1) is 0 Å². The number of halogens is 1. The third-order valence-corrected chi connectivity index (χ3v) is 6.25. The molecule has 1 aromatic heterocycles. The first-order valence-electron chi connectivity index (χ1n) is 8.01. The summed E-state index contributed by atoms with van der Waals surface area (Å²) in [6.07, 6.45) is 1.44. The molecule has 0 amide bonds. The molecule has 0 saturated carbocycles. The van der Waals surface area contributed by atoms with Gasteiger partial charge in [-0.25, -0.2) is 8.42 Å². The number of rotatable bonds is 3. The van der Waals surface area contributed by atoms with Crippen LogP contribution in [0.5, 0.6) is 0 Å². The van der Waals surface area contributed by atoms with Crippen molar-refractivity contribution < 1.29 is 8.42 Å². The van der Waals surface area contributed by atoms with Crippen molar-refractivity contribution >= 4 is 32.3 Å². The van der Waals surface area contributed by atoms with Crippen LogP contribution in [0.15, 0.2) is 94.9 Å². The standard InChI is InChI=1S/C21H14ClNO2S/c22-16-10-12-17(13-11-16)26(24,25)20-14-23-19-9-5-4-8-18(19)21(20)15-6-2-1-3-7-15/h1-14H. The van der Waals surface area contributed by atoms with Crippen molar-refractivity contribution in [2.75, 3.05) is 0 Å². The molecule has 1 heterocycles. The molecule has 128 valence electrons. The predicted octanol–water partition coefficient (Wildman–Crippen LogP) is 5.39. The molecular weight excluding hydrogens is 366 g/mol. The molecule has 4 rings (SSSR count). The van der Waals surface area contributed by atoms with Crippen LogP contribution in [0.4, 0.5) is 0 Å². The first-order valence-corrected chi connectivity index (χ1v) is 9.87. The summed E-state index contributed by atoms with van der Waals surface area (Å²) in [6, 6.07) is 23.2. The Bertz CT molecular complexity index is 1190. The molecule has 0 saturated heterocycles. The zero-order valence-electron chi connectivity index (χ0n) is 13.6. The van der Waals surface area contributed by atoms with E-state index in [9.17, 15) is 8.42 Å². The van der Waals surface area contributed by atoms with Crippen molar-refractivity contribution in [2.24, 2.45) is 0 Å². The molecule has 0 atom stereocenters. The van der Waals surface area contributed by atoms with Crippen molar-refractivity contribution in [3.8, 4) is 11.1 Å². The molecule has 0 unspecified atom stereocenters. The monoisotopic (exact) mass is 379 g/mol. The minimum absolute atomic E-state index is 0.185. The van der Waals surface area contributed by atoms with Crippen molar-refractivity contribution in [1.29, 1.82) is 0 Å². The van der Waals surface area contributed by atoms with Gasteiger partial charge in [0.1, 0.15) is 0 Å². The van der Waals surface area contributed by atoms with E-state index in [-0.39, 0.29) is 9.79 Å². The average molecular weight is 380 g/mol. The number of hydrogen-bond acceptors (Lipinski definition) is 3. The van der Waals surface area contributed by atoms with Gasteiger partial charge in [-0.1, -0.05) is 60.1 Å². The van der Waals surface area contributed by atoms with Crippen LogP contribution >= 0.6 is 11.6 Å². The van der Waals surface area contributed by atoms with E-state index in [1.165, 1.54) is 18.3 Å². The lowest BCUT2D eigenvalue weighted by molar-refractivity contribution is 0.596. The fourth-order valence-electron chi connectivity index (χ4n) is 2.97. The topological polar surface area (TPSA) is 47.0 Å². The van der Waals surface area contributed by atoms with Gasteiger partial charge in [0.15, 0.2) is 0 Å². The van der Waals surface area contributed by atoms with Crippen molar-refractivity contribution in [1.82, 2.24) is 4.98 Å². The Labute approximate surface area is 156 Å². The Balaban J connectivity index is 2.06. The molecular formula is C21H14ClNO2S. The second kappa shape index (κ2) is 6.56. The molecule has 5 heteroatoms. The number of benzene rings is 3. The van der Waals surface area contributed by atoms with Gasteiger partial charge in [-0.15, -0.1) is 0 Å². The van der Waals surface area contributed by atoms with E-state index in [0.29, 0.717) is 10.6 Å². The minimum atomic E-state index is -3.75. The van der Waals surface area contributed by atoms with Crippen LogP contribution in [0.1, 0.15) is 0 Å². The Morgan fingerprint density at radius 2 is 1.42 bits per heavy atom. The van der Waals surface area contributed by atoms with Gasteiger partial charge in [-0.2, -0.15) is 0 Å². The van der Waals surface area contributed by atoms with E-state index in [2.05, 4.69) is 4.98 Å². The van der Waals surface area contributed by atoms with Crippen LogP contribution in [-0.2, 0) is 9.84 Å². The van der Waals surface area contributed by atoms with Crippen molar-refractivity contribution in [2.45, 2.75) is 9.79 Å². The van der Waals surface area contributed by atoms with E-state index in [4.69, 9.17) is 11.6 Å². The van der Waals surface area contributed by atoms with Crippen LogP contribution in [0.3, 0.4) is 0 Å². The lowest BCUT2D eigenvalue weighted by atomic mass is 10.0. The van der Waals surface area contributed by atoms with E-state index >= 15 is 0 Å². The fourth-order valence-corrected chi connectivity index (χ4v) is 4.53. The molecule has 0 aliphatic heterocycles. The van der Waals surface area contributed by atoms with Crippen LogP contribution in [0.2, 0.25) is 5.02 Å². The molecule has 0 radical (unpaired) electrons. The average Bonchev–Trinajstić information content (AvgIpc) is 2.68. The van der Waals surface area contributed by atoms with Gasteiger partial charge in [0, 0.05) is 22.2 Å². The number of aromatic nitrogens is 1. The largest absolute Gasteiger partial charge is 0.255 e. The van der Waals surface area contributed by atoms with Gasteiger partial charge in [0.2, 0.25) is 9.84 Å². The van der Waals surface area contributed by atoms with Crippen LogP contribution in [0.25, 0.3) is 22.0 Å². The highest BCUT2D eigenvalue weighted by Gasteiger charge is 2.24. The summed E-state index contributed by atoms with van der Waals surface area (Å²) in [5.74, 6) is 0. The van der Waals surface area contributed by atoms with E-state index in [0.717, 1.165) is 16.5 Å². The number of hydrogen-bond donors (Lipinski definition) is 0. The van der Waals surface area contributed by atoms with Gasteiger partial charge >= 0.3 is 0 Å². The molecule has 3 aromatic carbocycles. The Hall–Kier alpha value is -2.69. The maximum Gasteiger partial charge on any atom is 0.208 e. The number of para-hydroxylation sites is 1. The zero-order valence-corrected chi connectivity index (χ0v) is 15.2. The maximum absolute atomic E-state index is 13.3. The fraction of sp³-hybridized carbons (Fsp3) is 0. The van der Waals surface area contributed by atoms with Gasteiger partial charge in [-0.05, 0) is 35.9 Å². The van der Waals surface area contributed by atoms with Crippen molar-refractivity contribution in [3.05, 3.63) is 90.1 Å².